The molecule has 3 aromatic rings. The number of nitrogens with one attached hydrogen (secondary N) is 1. The molecule has 7 nitrogen and oxygen atoms in total. The second kappa shape index (κ2) is 9.09. The third kappa shape index (κ3) is 4.63. The lowest BCUT2D eigenvalue weighted by Gasteiger charge is -2.30. The third-order valence-corrected chi connectivity index (χ3v) is 6.15. The molecule has 0 aliphatic carbocycles. The van der Waals surface area contributed by atoms with Gasteiger partial charge < -0.3 is 19.5 Å². The first-order valence-electron chi connectivity index (χ1n) is 10.9. The molecule has 34 heavy (non-hydrogen) atoms. The van der Waals surface area contributed by atoms with Gasteiger partial charge in [-0.05, 0) is 55.8 Å². The first-order chi connectivity index (χ1) is 16.1. The van der Waals surface area contributed by atoms with Crippen LogP contribution >= 0.6 is 0 Å². The number of amides is 1. The van der Waals surface area contributed by atoms with Crippen molar-refractivity contribution in [3.63, 3.8) is 0 Å². The molecule has 1 fully saturated rings. The van der Waals surface area contributed by atoms with E-state index in [-0.39, 0.29) is 28.2 Å². The number of rotatable bonds is 4. The van der Waals surface area contributed by atoms with Crippen LogP contribution in [0.4, 0.5) is 18.9 Å². The van der Waals surface area contributed by atoms with Crippen LogP contribution in [0.5, 0.6) is 0 Å². The number of hydrogen-bond donors (Lipinski definition) is 1. The molecule has 0 unspecified atom stereocenters. The van der Waals surface area contributed by atoms with E-state index in [0.717, 1.165) is 6.07 Å². The molecule has 1 aromatic heterocycles. The number of hydrogen-bond acceptors (Lipinski definition) is 5. The van der Waals surface area contributed by atoms with Gasteiger partial charge >= 0.3 is 6.18 Å². The Hall–Kier alpha value is -3.40. The molecule has 10 heteroatoms. The minimum Gasteiger partial charge on any atom is -0.378 e. The number of ether oxygens (including phenoxy) is 1. The van der Waals surface area contributed by atoms with Gasteiger partial charge in [0.15, 0.2) is 0 Å². The fraction of sp³-hybridized carbons (Fsp3) is 0.375. The lowest BCUT2D eigenvalue weighted by molar-refractivity contribution is -0.138. The van der Waals surface area contributed by atoms with Crippen LogP contribution in [-0.2, 0) is 10.9 Å². The third-order valence-electron chi connectivity index (χ3n) is 6.15. The summed E-state index contributed by atoms with van der Waals surface area (Å²) in [6.45, 7) is 5.19. The summed E-state index contributed by atoms with van der Waals surface area (Å²) in [6.07, 6.45) is -4.62. The van der Waals surface area contributed by atoms with Crippen molar-refractivity contribution in [3.05, 3.63) is 69.3 Å². The number of carbonyl (C=O) groups is 1. The Kier molecular flexibility index (Phi) is 6.35. The van der Waals surface area contributed by atoms with Crippen molar-refractivity contribution in [1.29, 1.82) is 0 Å². The summed E-state index contributed by atoms with van der Waals surface area (Å²) >= 11 is 0. The van der Waals surface area contributed by atoms with Gasteiger partial charge in [-0.1, -0.05) is 0 Å². The van der Waals surface area contributed by atoms with Crippen molar-refractivity contribution < 1.29 is 22.7 Å². The van der Waals surface area contributed by atoms with Gasteiger partial charge in [0.25, 0.3) is 11.5 Å². The van der Waals surface area contributed by atoms with Crippen molar-refractivity contribution in [2.24, 2.45) is 0 Å². The van der Waals surface area contributed by atoms with E-state index in [1.165, 1.54) is 13.0 Å². The summed E-state index contributed by atoms with van der Waals surface area (Å²) in [7, 11) is 1.67. The molecule has 0 saturated carbocycles. The molecule has 0 bridgehead atoms. The molecule has 1 N–H and O–H groups in total. The molecule has 1 atom stereocenters. The molecule has 2 aromatic carbocycles. The van der Waals surface area contributed by atoms with Crippen molar-refractivity contribution in [2.45, 2.75) is 26.1 Å². The SMILES string of the molecule is Cc1nc2cc(C(F)(F)F)c([C@H](C)N(C)c3ccc(C(=O)N4CCOCC4)cc3)cc2c(=O)[nH]1. The predicted molar refractivity (Wildman–Crippen MR) is 122 cm³/mol. The van der Waals surface area contributed by atoms with Gasteiger partial charge in [0.05, 0.1) is 35.7 Å². The Bertz CT molecular complexity index is 1270. The number of fused-ring (bicyclic) bond motifs is 1. The van der Waals surface area contributed by atoms with E-state index in [0.29, 0.717) is 37.6 Å². The lowest BCUT2D eigenvalue weighted by Crippen LogP contribution is -2.40. The van der Waals surface area contributed by atoms with Crippen molar-refractivity contribution >= 4 is 22.5 Å². The topological polar surface area (TPSA) is 78.5 Å². The Labute approximate surface area is 194 Å². The summed E-state index contributed by atoms with van der Waals surface area (Å²) < 4.78 is 47.1. The highest BCUT2D eigenvalue weighted by Crippen LogP contribution is 2.38. The summed E-state index contributed by atoms with van der Waals surface area (Å²) in [5.74, 6) is 0.136. The van der Waals surface area contributed by atoms with Gasteiger partial charge in [0.2, 0.25) is 0 Å². The average Bonchev–Trinajstić information content (AvgIpc) is 2.82. The zero-order valence-corrected chi connectivity index (χ0v) is 19.1. The van der Waals surface area contributed by atoms with E-state index in [4.69, 9.17) is 4.74 Å². The summed E-state index contributed by atoms with van der Waals surface area (Å²) in [6, 6.07) is 8.22. The van der Waals surface area contributed by atoms with E-state index >= 15 is 0 Å². The fourth-order valence-corrected chi connectivity index (χ4v) is 4.13. The van der Waals surface area contributed by atoms with Crippen LogP contribution in [0.2, 0.25) is 0 Å². The monoisotopic (exact) mass is 474 g/mol. The molecule has 180 valence electrons. The van der Waals surface area contributed by atoms with Crippen LogP contribution in [0.25, 0.3) is 10.9 Å². The van der Waals surface area contributed by atoms with Crippen LogP contribution in [-0.4, -0.2) is 54.1 Å². The predicted octanol–water partition coefficient (Wildman–Crippen LogP) is 3.92. The van der Waals surface area contributed by atoms with Gasteiger partial charge in [0, 0.05) is 31.4 Å². The van der Waals surface area contributed by atoms with E-state index in [1.807, 2.05) is 0 Å². The molecular weight excluding hydrogens is 449 g/mol. The first kappa shape index (κ1) is 23.7. The van der Waals surface area contributed by atoms with Crippen LogP contribution in [0.3, 0.4) is 0 Å². The maximum Gasteiger partial charge on any atom is 0.416 e. The van der Waals surface area contributed by atoms with E-state index in [2.05, 4.69) is 9.97 Å². The van der Waals surface area contributed by atoms with Crippen LogP contribution in [0.15, 0.2) is 41.2 Å². The number of anilines is 1. The Balaban J connectivity index is 1.66. The zero-order valence-electron chi connectivity index (χ0n) is 19.1. The van der Waals surface area contributed by atoms with Crippen LogP contribution in [0, 0.1) is 6.92 Å². The highest BCUT2D eigenvalue weighted by Gasteiger charge is 2.36. The second-order valence-corrected chi connectivity index (χ2v) is 8.34. The highest BCUT2D eigenvalue weighted by atomic mass is 19.4. The normalized spacial score (nSPS) is 15.4. The van der Waals surface area contributed by atoms with Gasteiger partial charge in [-0.15, -0.1) is 0 Å². The number of aromatic nitrogens is 2. The summed E-state index contributed by atoms with van der Waals surface area (Å²) in [5, 5.41) is 0.0975. The van der Waals surface area contributed by atoms with Crippen LogP contribution in [0.1, 0.15) is 40.3 Å². The lowest BCUT2D eigenvalue weighted by atomic mass is 9.97. The zero-order chi connectivity index (χ0) is 24.6. The molecule has 0 spiro atoms. The number of H-pyrrole nitrogens is 1. The molecule has 1 amide bonds. The maximum atomic E-state index is 13.9. The number of carbonyl (C=O) groups excluding carboxylic acids is 1. The fourth-order valence-electron chi connectivity index (χ4n) is 4.13. The molecule has 1 aliphatic heterocycles. The number of aromatic amines is 1. The van der Waals surface area contributed by atoms with Crippen molar-refractivity contribution in [3.8, 4) is 0 Å². The number of morpholine rings is 1. The van der Waals surface area contributed by atoms with Gasteiger partial charge in [0.1, 0.15) is 5.82 Å². The number of alkyl halides is 3. The molecule has 0 radical (unpaired) electrons. The average molecular weight is 474 g/mol. The largest absolute Gasteiger partial charge is 0.416 e. The van der Waals surface area contributed by atoms with Gasteiger partial charge in [-0.3, -0.25) is 9.59 Å². The molecule has 1 aliphatic rings. The summed E-state index contributed by atoms with van der Waals surface area (Å²) in [5.41, 5.74) is -0.226. The van der Waals surface area contributed by atoms with E-state index < -0.39 is 23.3 Å². The Morgan fingerprint density at radius 1 is 1.18 bits per heavy atom. The molecule has 2 heterocycles. The Morgan fingerprint density at radius 3 is 2.44 bits per heavy atom. The number of halogens is 3. The Morgan fingerprint density at radius 2 is 1.82 bits per heavy atom. The summed E-state index contributed by atoms with van der Waals surface area (Å²) in [4.78, 5) is 35.0. The minimum atomic E-state index is -4.62. The highest BCUT2D eigenvalue weighted by molar-refractivity contribution is 5.94. The van der Waals surface area contributed by atoms with Crippen LogP contribution < -0.4 is 10.5 Å². The van der Waals surface area contributed by atoms with Crippen molar-refractivity contribution in [2.75, 3.05) is 38.3 Å². The first-order valence-corrected chi connectivity index (χ1v) is 10.9. The maximum absolute atomic E-state index is 13.9. The van der Waals surface area contributed by atoms with E-state index in [1.54, 1.807) is 48.0 Å². The van der Waals surface area contributed by atoms with E-state index in [9.17, 15) is 22.8 Å². The van der Waals surface area contributed by atoms with Gasteiger partial charge in [-0.2, -0.15) is 13.2 Å². The van der Waals surface area contributed by atoms with Gasteiger partial charge in [-0.25, -0.2) is 4.98 Å². The number of nitrogens with zero attached hydrogens (tertiary/aromatic N) is 3. The second-order valence-electron chi connectivity index (χ2n) is 8.34. The molecule has 4 rings (SSSR count). The molecule has 1 saturated heterocycles. The molecular formula is C24H25F3N4O3. The minimum absolute atomic E-state index is 0.00171. The standard InChI is InChI=1S/C24H25F3N4O3/c1-14(18-12-19-21(13-20(18)24(25,26)27)28-15(2)29-22(19)32)30(3)17-6-4-16(5-7-17)23(33)31-8-10-34-11-9-31/h4-7,12-14H,8-11H2,1-3H3,(H,28,29,32)/t14-/m0/s1. The smallest absolute Gasteiger partial charge is 0.378 e. The quantitative estimate of drug-likeness (QED) is 0.620. The number of aryl methyl sites for hydroxylation is 1. The number of benzene rings is 2. The van der Waals surface area contributed by atoms with Crippen molar-refractivity contribution in [1.82, 2.24) is 14.9 Å².